The molecule has 0 aliphatic rings. The zero-order valence-electron chi connectivity index (χ0n) is 18.0. The molecule has 4 heteroatoms. The molecule has 0 fully saturated rings. The Kier molecular flexibility index (Phi) is 10.1. The van der Waals surface area contributed by atoms with Gasteiger partial charge in [0.1, 0.15) is 18.1 Å². The summed E-state index contributed by atoms with van der Waals surface area (Å²) in [4.78, 5) is 12.1. The van der Waals surface area contributed by atoms with Gasteiger partial charge in [-0.1, -0.05) is 57.4 Å². The van der Waals surface area contributed by atoms with E-state index in [1.54, 1.807) is 0 Å². The number of esters is 1. The molecule has 0 saturated heterocycles. The maximum absolute atomic E-state index is 12.1. The first-order chi connectivity index (χ1) is 14.1. The fourth-order valence-corrected chi connectivity index (χ4v) is 2.87. The quantitative estimate of drug-likeness (QED) is 0.302. The number of benzene rings is 2. The molecule has 1 unspecified atom stereocenters. The van der Waals surface area contributed by atoms with E-state index in [4.69, 9.17) is 14.2 Å². The molecule has 0 aliphatic carbocycles. The Labute approximate surface area is 175 Å². The molecule has 1 atom stereocenters. The molecular weight excluding hydrogens is 364 g/mol. The van der Waals surface area contributed by atoms with Crippen molar-refractivity contribution in [3.05, 3.63) is 59.7 Å². The first kappa shape index (κ1) is 22.8. The molecule has 0 radical (unpaired) electrons. The van der Waals surface area contributed by atoms with E-state index in [0.717, 1.165) is 48.5 Å². The molecule has 4 nitrogen and oxygen atoms in total. The molecule has 29 heavy (non-hydrogen) atoms. The zero-order chi connectivity index (χ0) is 20.9. The maximum atomic E-state index is 12.1. The van der Waals surface area contributed by atoms with Gasteiger partial charge in [0.15, 0.2) is 0 Å². The number of carbonyl (C=O) groups excluding carboxylic acids is 1. The van der Waals surface area contributed by atoms with Crippen molar-refractivity contribution in [1.82, 2.24) is 0 Å². The van der Waals surface area contributed by atoms with Gasteiger partial charge >= 0.3 is 5.97 Å². The molecule has 2 rings (SSSR count). The van der Waals surface area contributed by atoms with E-state index >= 15 is 0 Å². The van der Waals surface area contributed by atoms with Crippen LogP contribution in [0, 0.1) is 0 Å². The summed E-state index contributed by atoms with van der Waals surface area (Å²) in [7, 11) is 0. The van der Waals surface area contributed by atoms with Gasteiger partial charge in [0.2, 0.25) is 0 Å². The van der Waals surface area contributed by atoms with Crippen LogP contribution in [0.25, 0.3) is 0 Å². The maximum Gasteiger partial charge on any atom is 0.310 e. The molecule has 0 saturated carbocycles. The number of rotatable bonds is 13. The largest absolute Gasteiger partial charge is 0.494 e. The molecule has 0 bridgehead atoms. The lowest BCUT2D eigenvalue weighted by Crippen LogP contribution is -2.11. The Morgan fingerprint density at radius 3 is 2.14 bits per heavy atom. The van der Waals surface area contributed by atoms with E-state index in [2.05, 4.69) is 20.8 Å². The summed E-state index contributed by atoms with van der Waals surface area (Å²) in [6.45, 7) is 7.40. The number of unbranched alkanes of at least 4 members (excludes halogenated alkanes) is 2. The van der Waals surface area contributed by atoms with Gasteiger partial charge in [-0.15, -0.1) is 0 Å². The standard InChI is InChI=1S/C25H34O4/c1-4-6-8-20(3)29-24-15-11-22(12-16-24)19-28-25(26)18-21-9-13-23(14-10-21)27-17-7-5-2/h9-16,20H,4-8,17-19H2,1-3H3. The third-order valence-electron chi connectivity index (χ3n) is 4.66. The average Bonchev–Trinajstić information content (AvgIpc) is 2.73. The highest BCUT2D eigenvalue weighted by Gasteiger charge is 2.07. The van der Waals surface area contributed by atoms with Crippen LogP contribution in [0.1, 0.15) is 64.0 Å². The Balaban J connectivity index is 1.73. The lowest BCUT2D eigenvalue weighted by Gasteiger charge is -2.14. The fourth-order valence-electron chi connectivity index (χ4n) is 2.87. The van der Waals surface area contributed by atoms with Gasteiger partial charge in [-0.25, -0.2) is 0 Å². The van der Waals surface area contributed by atoms with Crippen molar-refractivity contribution in [2.75, 3.05) is 6.61 Å². The highest BCUT2D eigenvalue weighted by Crippen LogP contribution is 2.17. The molecule has 0 aliphatic heterocycles. The van der Waals surface area contributed by atoms with Crippen molar-refractivity contribution < 1.29 is 19.0 Å². The van der Waals surface area contributed by atoms with E-state index in [1.165, 1.54) is 12.8 Å². The van der Waals surface area contributed by atoms with Gasteiger partial charge in [-0.3, -0.25) is 4.79 Å². The van der Waals surface area contributed by atoms with Gasteiger partial charge in [0, 0.05) is 0 Å². The minimum Gasteiger partial charge on any atom is -0.494 e. The molecule has 2 aromatic carbocycles. The van der Waals surface area contributed by atoms with Gasteiger partial charge in [0.25, 0.3) is 0 Å². The fraction of sp³-hybridized carbons (Fsp3) is 0.480. The van der Waals surface area contributed by atoms with E-state index in [9.17, 15) is 4.79 Å². The molecule has 2 aromatic rings. The van der Waals surface area contributed by atoms with Crippen molar-refractivity contribution >= 4 is 5.97 Å². The second kappa shape index (κ2) is 12.9. The molecule has 0 amide bonds. The SMILES string of the molecule is CCCCOc1ccc(CC(=O)OCc2ccc(OC(C)CCCC)cc2)cc1. The third kappa shape index (κ3) is 9.03. The monoisotopic (exact) mass is 398 g/mol. The minimum absolute atomic E-state index is 0.210. The van der Waals surface area contributed by atoms with Crippen LogP contribution in [0.2, 0.25) is 0 Å². The van der Waals surface area contributed by atoms with E-state index in [-0.39, 0.29) is 25.1 Å². The summed E-state index contributed by atoms with van der Waals surface area (Å²) in [6.07, 6.45) is 6.02. The van der Waals surface area contributed by atoms with Crippen molar-refractivity contribution in [3.63, 3.8) is 0 Å². The highest BCUT2D eigenvalue weighted by atomic mass is 16.5. The van der Waals surface area contributed by atoms with Crippen LogP contribution in [0.3, 0.4) is 0 Å². The summed E-state index contributed by atoms with van der Waals surface area (Å²) in [6, 6.07) is 15.4. The van der Waals surface area contributed by atoms with Crippen LogP contribution < -0.4 is 9.47 Å². The first-order valence-electron chi connectivity index (χ1n) is 10.7. The predicted octanol–water partition coefficient (Wildman–Crippen LogP) is 6.11. The molecule has 0 spiro atoms. The topological polar surface area (TPSA) is 44.8 Å². The van der Waals surface area contributed by atoms with Crippen molar-refractivity contribution in [2.24, 2.45) is 0 Å². The van der Waals surface area contributed by atoms with Crippen molar-refractivity contribution in [2.45, 2.75) is 72.0 Å². The highest BCUT2D eigenvalue weighted by molar-refractivity contribution is 5.72. The van der Waals surface area contributed by atoms with E-state index in [0.29, 0.717) is 0 Å². The molecular formula is C25H34O4. The van der Waals surface area contributed by atoms with E-state index in [1.807, 2.05) is 48.5 Å². The summed E-state index contributed by atoms with van der Waals surface area (Å²) in [5.74, 6) is 1.45. The summed E-state index contributed by atoms with van der Waals surface area (Å²) < 4.78 is 16.9. The average molecular weight is 399 g/mol. The van der Waals surface area contributed by atoms with Crippen molar-refractivity contribution in [1.29, 1.82) is 0 Å². The number of hydrogen-bond acceptors (Lipinski definition) is 4. The predicted molar refractivity (Wildman–Crippen MR) is 116 cm³/mol. The van der Waals surface area contributed by atoms with Crippen LogP contribution in [-0.2, 0) is 22.6 Å². The lowest BCUT2D eigenvalue weighted by atomic mass is 10.1. The molecule has 0 N–H and O–H groups in total. The smallest absolute Gasteiger partial charge is 0.310 e. The number of ether oxygens (including phenoxy) is 3. The van der Waals surface area contributed by atoms with Crippen LogP contribution in [0.4, 0.5) is 0 Å². The summed E-state index contributed by atoms with van der Waals surface area (Å²) in [5.41, 5.74) is 1.87. The van der Waals surface area contributed by atoms with Crippen LogP contribution in [0.15, 0.2) is 48.5 Å². The van der Waals surface area contributed by atoms with Crippen LogP contribution >= 0.6 is 0 Å². The second-order valence-corrected chi connectivity index (χ2v) is 7.40. The molecule has 0 aromatic heterocycles. The summed E-state index contributed by atoms with van der Waals surface area (Å²) >= 11 is 0. The van der Waals surface area contributed by atoms with Crippen LogP contribution in [-0.4, -0.2) is 18.7 Å². The number of hydrogen-bond donors (Lipinski definition) is 0. The molecule has 158 valence electrons. The first-order valence-corrected chi connectivity index (χ1v) is 10.7. The summed E-state index contributed by atoms with van der Waals surface area (Å²) in [5, 5.41) is 0. The minimum atomic E-state index is -0.238. The van der Waals surface area contributed by atoms with Gasteiger partial charge in [-0.05, 0) is 55.2 Å². The zero-order valence-corrected chi connectivity index (χ0v) is 18.0. The second-order valence-electron chi connectivity index (χ2n) is 7.40. The van der Waals surface area contributed by atoms with Crippen LogP contribution in [0.5, 0.6) is 11.5 Å². The molecule has 0 heterocycles. The van der Waals surface area contributed by atoms with Gasteiger partial charge in [0.05, 0.1) is 19.1 Å². The Hall–Kier alpha value is -2.49. The third-order valence-corrected chi connectivity index (χ3v) is 4.66. The van der Waals surface area contributed by atoms with Gasteiger partial charge < -0.3 is 14.2 Å². The number of carbonyl (C=O) groups is 1. The lowest BCUT2D eigenvalue weighted by molar-refractivity contribution is -0.144. The normalized spacial score (nSPS) is 11.7. The Morgan fingerprint density at radius 2 is 1.48 bits per heavy atom. The Morgan fingerprint density at radius 1 is 0.862 bits per heavy atom. The van der Waals surface area contributed by atoms with Crippen molar-refractivity contribution in [3.8, 4) is 11.5 Å². The Bertz CT molecular complexity index is 707. The van der Waals surface area contributed by atoms with Gasteiger partial charge in [-0.2, -0.15) is 0 Å². The van der Waals surface area contributed by atoms with E-state index < -0.39 is 0 Å².